The van der Waals surface area contributed by atoms with Gasteiger partial charge in [-0.1, -0.05) is 5.16 Å². The van der Waals surface area contributed by atoms with Crippen molar-refractivity contribution in [3.63, 3.8) is 0 Å². The molecule has 1 aromatic rings. The highest BCUT2D eigenvalue weighted by atomic mass is 16.4. The summed E-state index contributed by atoms with van der Waals surface area (Å²) < 4.78 is 0. The third-order valence-corrected chi connectivity index (χ3v) is 2.78. The molecule has 0 spiro atoms. The lowest BCUT2D eigenvalue weighted by atomic mass is 10.2. The lowest BCUT2D eigenvalue weighted by Crippen LogP contribution is -2.21. The van der Waals surface area contributed by atoms with Gasteiger partial charge >= 0.3 is 0 Å². The summed E-state index contributed by atoms with van der Waals surface area (Å²) in [4.78, 5) is 6.22. The summed E-state index contributed by atoms with van der Waals surface area (Å²) >= 11 is 0. The SMILES string of the molecule is CN(CC1CC1)c1ccnc(C(N)=NO)c1. The average molecular weight is 220 g/mol. The van der Waals surface area contributed by atoms with Crippen LogP contribution in [0.4, 0.5) is 5.69 Å². The average Bonchev–Trinajstić information content (AvgIpc) is 3.12. The molecule has 0 bridgehead atoms. The second-order valence-electron chi connectivity index (χ2n) is 4.21. The second kappa shape index (κ2) is 4.38. The van der Waals surface area contributed by atoms with Gasteiger partial charge in [-0.3, -0.25) is 4.98 Å². The van der Waals surface area contributed by atoms with E-state index in [2.05, 4.69) is 15.0 Å². The van der Waals surface area contributed by atoms with Gasteiger partial charge in [-0.05, 0) is 30.9 Å². The third kappa shape index (κ3) is 2.42. The number of hydrogen-bond donors (Lipinski definition) is 2. The van der Waals surface area contributed by atoms with Crippen molar-refractivity contribution >= 4 is 11.5 Å². The second-order valence-corrected chi connectivity index (χ2v) is 4.21. The molecule has 0 atom stereocenters. The standard InChI is InChI=1S/C11H16N4O/c1-15(7-8-2-3-8)9-4-5-13-10(6-9)11(12)14-16/h4-6,8,16H,2-3,7H2,1H3,(H2,12,14). The maximum atomic E-state index is 8.58. The molecule has 5 nitrogen and oxygen atoms in total. The first kappa shape index (κ1) is 10.7. The number of nitrogens with two attached hydrogens (primary N) is 1. The number of rotatable bonds is 4. The maximum absolute atomic E-state index is 8.58. The van der Waals surface area contributed by atoms with E-state index in [0.717, 1.165) is 18.2 Å². The van der Waals surface area contributed by atoms with Crippen LogP contribution in [0.5, 0.6) is 0 Å². The molecule has 0 aromatic carbocycles. The molecule has 1 fully saturated rings. The Labute approximate surface area is 94.6 Å². The third-order valence-electron chi connectivity index (χ3n) is 2.78. The molecule has 16 heavy (non-hydrogen) atoms. The van der Waals surface area contributed by atoms with Crippen LogP contribution >= 0.6 is 0 Å². The minimum Gasteiger partial charge on any atom is -0.409 e. The summed E-state index contributed by atoms with van der Waals surface area (Å²) in [5, 5.41) is 11.5. The Balaban J connectivity index is 2.13. The molecule has 86 valence electrons. The van der Waals surface area contributed by atoms with E-state index in [0.29, 0.717) is 5.69 Å². The van der Waals surface area contributed by atoms with Gasteiger partial charge in [0, 0.05) is 25.5 Å². The van der Waals surface area contributed by atoms with E-state index in [-0.39, 0.29) is 5.84 Å². The largest absolute Gasteiger partial charge is 0.409 e. The number of anilines is 1. The van der Waals surface area contributed by atoms with E-state index >= 15 is 0 Å². The van der Waals surface area contributed by atoms with E-state index in [9.17, 15) is 0 Å². The molecule has 5 heteroatoms. The van der Waals surface area contributed by atoms with Crippen LogP contribution in [0.15, 0.2) is 23.5 Å². The molecular formula is C11H16N4O. The summed E-state index contributed by atoms with van der Waals surface area (Å²) in [6.07, 6.45) is 4.32. The van der Waals surface area contributed by atoms with Crippen LogP contribution in [0, 0.1) is 5.92 Å². The van der Waals surface area contributed by atoms with Crippen LogP contribution in [-0.2, 0) is 0 Å². The van der Waals surface area contributed by atoms with Gasteiger partial charge < -0.3 is 15.8 Å². The van der Waals surface area contributed by atoms with Crippen molar-refractivity contribution in [2.45, 2.75) is 12.8 Å². The molecule has 1 saturated carbocycles. The number of nitrogens with zero attached hydrogens (tertiary/aromatic N) is 3. The fraction of sp³-hybridized carbons (Fsp3) is 0.455. The van der Waals surface area contributed by atoms with Gasteiger partial charge in [0.1, 0.15) is 5.69 Å². The van der Waals surface area contributed by atoms with Gasteiger partial charge in [-0.15, -0.1) is 0 Å². The summed E-state index contributed by atoms with van der Waals surface area (Å²) in [5.41, 5.74) is 7.04. The molecule has 1 heterocycles. The Morgan fingerprint density at radius 1 is 1.69 bits per heavy atom. The first-order valence-corrected chi connectivity index (χ1v) is 5.36. The van der Waals surface area contributed by atoms with Crippen molar-refractivity contribution < 1.29 is 5.21 Å². The number of amidine groups is 1. The summed E-state index contributed by atoms with van der Waals surface area (Å²) in [5.74, 6) is 0.868. The molecule has 0 aliphatic heterocycles. The van der Waals surface area contributed by atoms with E-state index in [1.807, 2.05) is 19.2 Å². The van der Waals surface area contributed by atoms with Crippen LogP contribution in [0.1, 0.15) is 18.5 Å². The number of aromatic nitrogens is 1. The Bertz CT molecular complexity index is 401. The number of oxime groups is 1. The van der Waals surface area contributed by atoms with E-state index in [1.165, 1.54) is 12.8 Å². The highest BCUT2D eigenvalue weighted by Crippen LogP contribution is 2.30. The molecule has 0 radical (unpaired) electrons. The number of pyridine rings is 1. The number of hydrogen-bond acceptors (Lipinski definition) is 4. The first-order valence-electron chi connectivity index (χ1n) is 5.36. The minimum absolute atomic E-state index is 0.0432. The molecule has 0 unspecified atom stereocenters. The summed E-state index contributed by atoms with van der Waals surface area (Å²) in [7, 11) is 2.05. The van der Waals surface area contributed by atoms with Crippen LogP contribution < -0.4 is 10.6 Å². The predicted octanol–water partition coefficient (Wildman–Crippen LogP) is 1.02. The van der Waals surface area contributed by atoms with Crippen LogP contribution in [0.2, 0.25) is 0 Å². The fourth-order valence-electron chi connectivity index (χ4n) is 1.64. The van der Waals surface area contributed by atoms with Gasteiger partial charge in [-0.2, -0.15) is 0 Å². The highest BCUT2D eigenvalue weighted by Gasteiger charge is 2.23. The van der Waals surface area contributed by atoms with Crippen molar-refractivity contribution in [2.75, 3.05) is 18.5 Å². The van der Waals surface area contributed by atoms with Crippen molar-refractivity contribution in [3.05, 3.63) is 24.0 Å². The van der Waals surface area contributed by atoms with Crippen molar-refractivity contribution in [2.24, 2.45) is 16.8 Å². The Hall–Kier alpha value is -1.78. The topological polar surface area (TPSA) is 74.7 Å². The first-order chi connectivity index (χ1) is 7.70. The van der Waals surface area contributed by atoms with Gasteiger partial charge in [-0.25, -0.2) is 0 Å². The highest BCUT2D eigenvalue weighted by molar-refractivity contribution is 5.95. The van der Waals surface area contributed by atoms with E-state index in [4.69, 9.17) is 10.9 Å². The van der Waals surface area contributed by atoms with Crippen molar-refractivity contribution in [3.8, 4) is 0 Å². The molecule has 1 aliphatic carbocycles. The van der Waals surface area contributed by atoms with Gasteiger partial charge in [0.2, 0.25) is 0 Å². The predicted molar refractivity (Wildman–Crippen MR) is 62.7 cm³/mol. The normalized spacial score (nSPS) is 16.2. The minimum atomic E-state index is 0.0432. The molecule has 0 amide bonds. The van der Waals surface area contributed by atoms with Gasteiger partial charge in [0.25, 0.3) is 0 Å². The molecule has 0 saturated heterocycles. The quantitative estimate of drug-likeness (QED) is 0.344. The van der Waals surface area contributed by atoms with Gasteiger partial charge in [0.05, 0.1) is 0 Å². The maximum Gasteiger partial charge on any atom is 0.188 e. The Kier molecular flexibility index (Phi) is 2.94. The summed E-state index contributed by atoms with van der Waals surface area (Å²) in [6, 6.07) is 3.76. The van der Waals surface area contributed by atoms with Crippen LogP contribution in [0.3, 0.4) is 0 Å². The van der Waals surface area contributed by atoms with Gasteiger partial charge in [0.15, 0.2) is 5.84 Å². The van der Waals surface area contributed by atoms with Crippen molar-refractivity contribution in [1.29, 1.82) is 0 Å². The molecule has 2 rings (SSSR count). The van der Waals surface area contributed by atoms with Crippen LogP contribution in [0.25, 0.3) is 0 Å². The molecule has 1 aromatic heterocycles. The summed E-state index contributed by atoms with van der Waals surface area (Å²) in [6.45, 7) is 1.06. The smallest absolute Gasteiger partial charge is 0.188 e. The molecule has 1 aliphatic rings. The van der Waals surface area contributed by atoms with E-state index in [1.54, 1.807) is 6.20 Å². The zero-order valence-corrected chi connectivity index (χ0v) is 9.30. The Morgan fingerprint density at radius 3 is 3.06 bits per heavy atom. The van der Waals surface area contributed by atoms with Crippen molar-refractivity contribution in [1.82, 2.24) is 4.98 Å². The fourth-order valence-corrected chi connectivity index (χ4v) is 1.64. The van der Waals surface area contributed by atoms with E-state index < -0.39 is 0 Å². The zero-order chi connectivity index (χ0) is 11.5. The Morgan fingerprint density at radius 2 is 2.44 bits per heavy atom. The van der Waals surface area contributed by atoms with Crippen LogP contribution in [-0.4, -0.2) is 29.6 Å². The molecular weight excluding hydrogens is 204 g/mol. The monoisotopic (exact) mass is 220 g/mol. The zero-order valence-electron chi connectivity index (χ0n) is 9.30. The molecule has 3 N–H and O–H groups in total. The lowest BCUT2D eigenvalue weighted by Gasteiger charge is -2.19. The lowest BCUT2D eigenvalue weighted by molar-refractivity contribution is 0.318.